The normalized spacial score (nSPS) is 28.4. The minimum absolute atomic E-state index is 0.0434. The Kier molecular flexibility index (Phi) is 7.09. The highest BCUT2D eigenvalue weighted by Crippen LogP contribution is 2.65. The van der Waals surface area contributed by atoms with Gasteiger partial charge in [-0.25, -0.2) is 9.59 Å². The van der Waals surface area contributed by atoms with Crippen LogP contribution in [0.4, 0.5) is 4.79 Å². The summed E-state index contributed by atoms with van der Waals surface area (Å²) in [6, 6.07) is -1.57. The molecule has 10 heteroatoms. The molecule has 2 N–H and O–H groups in total. The lowest BCUT2D eigenvalue weighted by atomic mass is 9.83. The van der Waals surface area contributed by atoms with Crippen molar-refractivity contribution in [2.24, 2.45) is 23.2 Å². The quantitative estimate of drug-likeness (QED) is 0.390. The van der Waals surface area contributed by atoms with Crippen LogP contribution in [-0.4, -0.2) is 71.4 Å². The topological polar surface area (TPSA) is 131 Å². The van der Waals surface area contributed by atoms with Gasteiger partial charge < -0.3 is 25.0 Å². The van der Waals surface area contributed by atoms with Crippen LogP contribution in [0.2, 0.25) is 0 Å². The van der Waals surface area contributed by atoms with Gasteiger partial charge in [0.1, 0.15) is 23.2 Å². The molecule has 3 saturated carbocycles. The van der Waals surface area contributed by atoms with Gasteiger partial charge in [0.2, 0.25) is 11.8 Å². The molecule has 4 rings (SSSR count). The van der Waals surface area contributed by atoms with Crippen LogP contribution < -0.4 is 10.6 Å². The number of fused-ring (bicyclic) bond motifs is 1. The molecule has 37 heavy (non-hydrogen) atoms. The van der Waals surface area contributed by atoms with Gasteiger partial charge in [0.05, 0.1) is 7.11 Å². The van der Waals surface area contributed by atoms with Crippen molar-refractivity contribution in [2.75, 3.05) is 13.7 Å². The Hall–Kier alpha value is -2.65. The fourth-order valence-corrected chi connectivity index (χ4v) is 6.41. The van der Waals surface area contributed by atoms with Crippen molar-refractivity contribution in [2.45, 2.75) is 103 Å². The zero-order chi connectivity index (χ0) is 27.3. The van der Waals surface area contributed by atoms with Crippen LogP contribution in [0.5, 0.6) is 0 Å². The predicted octanol–water partition coefficient (Wildman–Crippen LogP) is 2.33. The lowest BCUT2D eigenvalue weighted by Crippen LogP contribution is -2.60. The van der Waals surface area contributed by atoms with Gasteiger partial charge in [0.15, 0.2) is 0 Å². The van der Waals surface area contributed by atoms with E-state index in [0.29, 0.717) is 19.4 Å². The highest BCUT2D eigenvalue weighted by Gasteiger charge is 2.70. The molecular formula is C27H41N3O7. The molecule has 3 amide bonds. The molecule has 0 aromatic heterocycles. The first-order valence-corrected chi connectivity index (χ1v) is 13.5. The first kappa shape index (κ1) is 27.4. The predicted molar refractivity (Wildman–Crippen MR) is 133 cm³/mol. The van der Waals surface area contributed by atoms with Gasteiger partial charge in [-0.05, 0) is 69.6 Å². The molecule has 0 spiro atoms. The number of methoxy groups -OCH3 is 1. The average molecular weight is 520 g/mol. The standard InChI is InChI=1S/C27H41N3O7/c1-25(2,3)37-24(35)28-18(15-10-8-7-9-11-15)22(33)30-14-16-17(26(16,4)5)19(30)21(32)29-27(12-13-27)20(31)23(34)36-6/h15-19H,7-14H2,1-6H3,(H,28,35)(H,29,32)/t16?,17?,18-,19-/m0/s1. The second-order valence-electron chi connectivity index (χ2n) is 12.8. The second-order valence-corrected chi connectivity index (χ2v) is 12.8. The Morgan fingerprint density at radius 1 is 1.00 bits per heavy atom. The number of hydrogen-bond acceptors (Lipinski definition) is 7. The number of nitrogens with zero attached hydrogens (tertiary/aromatic N) is 1. The number of ether oxygens (including phenoxy) is 2. The number of ketones is 1. The highest BCUT2D eigenvalue weighted by atomic mass is 16.6. The molecule has 1 aliphatic heterocycles. The number of amides is 3. The van der Waals surface area contributed by atoms with Crippen LogP contribution in [0.15, 0.2) is 0 Å². The maximum absolute atomic E-state index is 14.0. The lowest BCUT2D eigenvalue weighted by molar-refractivity contribution is -0.154. The Morgan fingerprint density at radius 2 is 1.62 bits per heavy atom. The third-order valence-electron chi connectivity index (χ3n) is 8.74. The molecule has 0 aromatic carbocycles. The molecule has 1 heterocycles. The molecule has 4 fully saturated rings. The van der Waals surface area contributed by atoms with Crippen molar-refractivity contribution in [3.8, 4) is 0 Å². The van der Waals surface area contributed by atoms with E-state index in [1.807, 2.05) is 0 Å². The zero-order valence-electron chi connectivity index (χ0n) is 22.8. The number of piperidine rings is 1. The molecule has 0 radical (unpaired) electrons. The van der Waals surface area contributed by atoms with Gasteiger partial charge in [-0.2, -0.15) is 0 Å². The summed E-state index contributed by atoms with van der Waals surface area (Å²) in [4.78, 5) is 66.4. The third kappa shape index (κ3) is 5.34. The second kappa shape index (κ2) is 9.58. The molecule has 4 aliphatic rings. The minimum atomic E-state index is -1.26. The molecule has 1 saturated heterocycles. The van der Waals surface area contributed by atoms with E-state index in [9.17, 15) is 24.0 Å². The van der Waals surface area contributed by atoms with E-state index < -0.39 is 47.0 Å². The molecule has 2 unspecified atom stereocenters. The fraction of sp³-hybridized carbons (Fsp3) is 0.815. The van der Waals surface area contributed by atoms with Crippen LogP contribution in [0.3, 0.4) is 0 Å². The molecule has 3 aliphatic carbocycles. The summed E-state index contributed by atoms with van der Waals surface area (Å²) in [5.41, 5.74) is -2.09. The van der Waals surface area contributed by atoms with E-state index in [4.69, 9.17) is 4.74 Å². The number of hydrogen-bond donors (Lipinski definition) is 2. The molecule has 10 nitrogen and oxygen atoms in total. The number of alkyl carbamates (subject to hydrolysis) is 1. The summed E-state index contributed by atoms with van der Waals surface area (Å²) >= 11 is 0. The van der Waals surface area contributed by atoms with Crippen LogP contribution in [0.25, 0.3) is 0 Å². The van der Waals surface area contributed by atoms with Crippen molar-refractivity contribution in [1.29, 1.82) is 0 Å². The summed E-state index contributed by atoms with van der Waals surface area (Å²) in [6.45, 7) is 9.87. The SMILES string of the molecule is COC(=O)C(=O)C1(NC(=O)[C@@H]2C3C(CN2C(=O)[C@@H](NC(=O)OC(C)(C)C)C2CCCCC2)C3(C)C)CC1. The summed E-state index contributed by atoms with van der Waals surface area (Å²) in [5, 5.41) is 5.63. The van der Waals surface area contributed by atoms with Crippen LogP contribution in [0, 0.1) is 23.2 Å². The summed E-state index contributed by atoms with van der Waals surface area (Å²) < 4.78 is 10.0. The molecule has 4 atom stereocenters. The van der Waals surface area contributed by atoms with Gasteiger partial charge >= 0.3 is 12.1 Å². The van der Waals surface area contributed by atoms with E-state index in [1.165, 1.54) is 0 Å². The Morgan fingerprint density at radius 3 is 2.16 bits per heavy atom. The number of rotatable bonds is 7. The largest absolute Gasteiger partial charge is 0.463 e. The van der Waals surface area contributed by atoms with E-state index in [-0.39, 0.29) is 29.1 Å². The van der Waals surface area contributed by atoms with Crippen LogP contribution >= 0.6 is 0 Å². The van der Waals surface area contributed by atoms with Gasteiger partial charge in [0, 0.05) is 6.54 Å². The van der Waals surface area contributed by atoms with E-state index >= 15 is 0 Å². The Balaban J connectivity index is 1.56. The van der Waals surface area contributed by atoms with Gasteiger partial charge in [-0.15, -0.1) is 0 Å². The average Bonchev–Trinajstić information content (AvgIpc) is 3.64. The Bertz CT molecular complexity index is 975. The van der Waals surface area contributed by atoms with Gasteiger partial charge in [-0.3, -0.25) is 14.4 Å². The van der Waals surface area contributed by atoms with Crippen molar-refractivity contribution >= 4 is 29.7 Å². The van der Waals surface area contributed by atoms with Gasteiger partial charge in [-0.1, -0.05) is 33.1 Å². The highest BCUT2D eigenvalue weighted by molar-refractivity contribution is 6.38. The minimum Gasteiger partial charge on any atom is -0.463 e. The van der Waals surface area contributed by atoms with Crippen molar-refractivity contribution < 1.29 is 33.4 Å². The maximum Gasteiger partial charge on any atom is 0.408 e. The first-order valence-electron chi connectivity index (χ1n) is 13.5. The number of likely N-dealkylation sites (tertiary alicyclic amines) is 1. The fourth-order valence-electron chi connectivity index (χ4n) is 6.41. The molecular weight excluding hydrogens is 478 g/mol. The van der Waals surface area contributed by atoms with Crippen molar-refractivity contribution in [3.05, 3.63) is 0 Å². The van der Waals surface area contributed by atoms with Crippen molar-refractivity contribution in [1.82, 2.24) is 15.5 Å². The van der Waals surface area contributed by atoms with Crippen LogP contribution in [0.1, 0.15) is 79.6 Å². The monoisotopic (exact) mass is 519 g/mol. The van der Waals surface area contributed by atoms with E-state index in [0.717, 1.165) is 39.2 Å². The number of Topliss-reactive ketones (excluding diaryl/α,β-unsaturated/α-hetero) is 1. The number of esters is 1. The van der Waals surface area contributed by atoms with E-state index in [1.54, 1.807) is 25.7 Å². The molecule has 0 aromatic rings. The number of nitrogens with one attached hydrogen (secondary N) is 2. The molecule has 206 valence electrons. The Labute approximate surface area is 218 Å². The summed E-state index contributed by atoms with van der Waals surface area (Å²) in [5.74, 6) is -2.43. The van der Waals surface area contributed by atoms with Gasteiger partial charge in [0.25, 0.3) is 5.78 Å². The third-order valence-corrected chi connectivity index (χ3v) is 8.74. The smallest absolute Gasteiger partial charge is 0.408 e. The first-order chi connectivity index (χ1) is 17.2. The maximum atomic E-state index is 14.0. The summed E-state index contributed by atoms with van der Waals surface area (Å²) in [6.07, 6.45) is 4.73. The van der Waals surface area contributed by atoms with Crippen LogP contribution in [-0.2, 0) is 28.7 Å². The van der Waals surface area contributed by atoms with Crippen molar-refractivity contribution in [3.63, 3.8) is 0 Å². The molecule has 0 bridgehead atoms. The zero-order valence-corrected chi connectivity index (χ0v) is 22.8. The lowest BCUT2D eigenvalue weighted by Gasteiger charge is -2.37. The number of carbonyl (C=O) groups excluding carboxylic acids is 5. The number of carbonyl (C=O) groups is 5. The van der Waals surface area contributed by atoms with E-state index in [2.05, 4.69) is 29.2 Å². The summed E-state index contributed by atoms with van der Waals surface area (Å²) in [7, 11) is 1.13.